The molecule has 0 bridgehead atoms. The van der Waals surface area contributed by atoms with Crippen LogP contribution in [-0.4, -0.2) is 34.2 Å². The largest absolute Gasteiger partial charge is 0.364 e. The summed E-state index contributed by atoms with van der Waals surface area (Å²) in [4.78, 5) is 10.7. The molecule has 1 aliphatic heterocycles. The lowest BCUT2D eigenvalue weighted by atomic mass is 9.97. The smallest absolute Gasteiger partial charge is 0.138 e. The van der Waals surface area contributed by atoms with E-state index >= 15 is 0 Å². The van der Waals surface area contributed by atoms with Crippen LogP contribution >= 0.6 is 0 Å². The minimum atomic E-state index is -0.0271. The van der Waals surface area contributed by atoms with Crippen molar-refractivity contribution < 1.29 is 4.74 Å². The molecule has 0 radical (unpaired) electrons. The number of ether oxygens (including phenoxy) is 1. The second-order valence-electron chi connectivity index (χ2n) is 9.07. The van der Waals surface area contributed by atoms with Crippen molar-refractivity contribution in [1.29, 1.82) is 0 Å². The van der Waals surface area contributed by atoms with Crippen LogP contribution in [0.3, 0.4) is 0 Å². The molecule has 3 aromatic carbocycles. The molecule has 2 aliphatic rings. The number of methoxy groups -OCH3 is 1. The van der Waals surface area contributed by atoms with Crippen LogP contribution in [0.25, 0.3) is 22.4 Å². The van der Waals surface area contributed by atoms with Crippen molar-refractivity contribution in [3.05, 3.63) is 77.4 Å². The van der Waals surface area contributed by atoms with Crippen LogP contribution < -0.4 is 11.1 Å². The van der Waals surface area contributed by atoms with Gasteiger partial charge in [0.1, 0.15) is 11.5 Å². The van der Waals surface area contributed by atoms with Crippen molar-refractivity contribution in [3.63, 3.8) is 0 Å². The van der Waals surface area contributed by atoms with Crippen LogP contribution in [0.2, 0.25) is 0 Å². The van der Waals surface area contributed by atoms with E-state index in [1.807, 2.05) is 31.4 Å². The summed E-state index contributed by atoms with van der Waals surface area (Å²) in [7, 11) is 1.84. The zero-order chi connectivity index (χ0) is 22.4. The van der Waals surface area contributed by atoms with Crippen LogP contribution in [0.15, 0.2) is 60.7 Å². The maximum absolute atomic E-state index is 6.06. The van der Waals surface area contributed by atoms with Crippen molar-refractivity contribution in [1.82, 2.24) is 14.9 Å². The third-order valence-electron chi connectivity index (χ3n) is 7.15. The first kappa shape index (κ1) is 20.4. The van der Waals surface area contributed by atoms with Crippen LogP contribution in [0.4, 0.5) is 11.4 Å². The Bertz CT molecular complexity index is 1290. The second kappa shape index (κ2) is 7.99. The quantitative estimate of drug-likeness (QED) is 0.397. The third kappa shape index (κ3) is 3.60. The Morgan fingerprint density at radius 2 is 2.00 bits per heavy atom. The van der Waals surface area contributed by atoms with Gasteiger partial charge in [-0.25, -0.2) is 4.98 Å². The molecule has 6 nitrogen and oxygen atoms in total. The molecule has 1 aromatic heterocycles. The molecule has 0 saturated heterocycles. The van der Waals surface area contributed by atoms with E-state index in [9.17, 15) is 0 Å². The molecule has 1 saturated carbocycles. The van der Waals surface area contributed by atoms with E-state index in [0.29, 0.717) is 6.54 Å². The monoisotopic (exact) mass is 439 g/mol. The van der Waals surface area contributed by atoms with Crippen molar-refractivity contribution in [2.45, 2.75) is 38.1 Å². The van der Waals surface area contributed by atoms with E-state index < -0.39 is 0 Å². The fraction of sp³-hybridized carbons (Fsp3) is 0.296. The zero-order valence-electron chi connectivity index (χ0n) is 18.9. The number of anilines is 2. The topological polar surface area (TPSA) is 79.2 Å². The van der Waals surface area contributed by atoms with Gasteiger partial charge in [0.05, 0.1) is 11.0 Å². The minimum absolute atomic E-state index is 0.0271. The number of fused-ring (bicyclic) bond motifs is 2. The molecule has 4 aromatic rings. The molecule has 4 N–H and O–H groups in total. The second-order valence-corrected chi connectivity index (χ2v) is 9.07. The molecule has 2 heterocycles. The van der Waals surface area contributed by atoms with Gasteiger partial charge >= 0.3 is 0 Å². The predicted molar refractivity (Wildman–Crippen MR) is 132 cm³/mol. The first-order valence-electron chi connectivity index (χ1n) is 11.7. The molecule has 0 amide bonds. The van der Waals surface area contributed by atoms with Gasteiger partial charge in [0, 0.05) is 43.7 Å². The van der Waals surface area contributed by atoms with Crippen molar-refractivity contribution in [2.24, 2.45) is 5.73 Å². The fourth-order valence-corrected chi connectivity index (χ4v) is 5.12. The van der Waals surface area contributed by atoms with E-state index in [2.05, 4.69) is 51.6 Å². The highest BCUT2D eigenvalue weighted by Gasteiger charge is 2.49. The molecular formula is C27H29N5O. The maximum Gasteiger partial charge on any atom is 0.138 e. The molecule has 0 spiro atoms. The normalized spacial score (nSPS) is 17.2. The summed E-state index contributed by atoms with van der Waals surface area (Å²) in [6.07, 6.45) is 3.28. The summed E-state index contributed by atoms with van der Waals surface area (Å²) in [5, 5.41) is 3.68. The van der Waals surface area contributed by atoms with Gasteiger partial charge in [-0.1, -0.05) is 30.3 Å². The van der Waals surface area contributed by atoms with Crippen molar-refractivity contribution >= 4 is 22.4 Å². The number of para-hydroxylation sites is 2. The van der Waals surface area contributed by atoms with E-state index in [0.717, 1.165) is 66.0 Å². The van der Waals surface area contributed by atoms with Crippen molar-refractivity contribution in [2.75, 3.05) is 19.0 Å². The molecule has 1 aliphatic carbocycles. The highest BCUT2D eigenvalue weighted by atomic mass is 16.5. The number of nitrogens with two attached hydrogens (primary N) is 1. The zero-order valence-corrected chi connectivity index (χ0v) is 18.9. The summed E-state index contributed by atoms with van der Waals surface area (Å²) in [6.45, 7) is 2.43. The number of nitrogens with one attached hydrogen (secondary N) is 2. The first-order valence-corrected chi connectivity index (χ1v) is 11.7. The van der Waals surface area contributed by atoms with Gasteiger partial charge in [0.15, 0.2) is 0 Å². The number of imidazole rings is 1. The molecule has 168 valence electrons. The molecule has 1 fully saturated rings. The van der Waals surface area contributed by atoms with E-state index in [1.165, 1.54) is 16.8 Å². The molecule has 0 unspecified atom stereocenters. The Morgan fingerprint density at radius 1 is 1.12 bits per heavy atom. The SMILES string of the molecule is COC1(N2CCc3c(cccc3Nc3ccc(CN)c(-c4nc5ccccc5[nH]4)c3)C2)CC1. The van der Waals surface area contributed by atoms with Crippen LogP contribution in [0.5, 0.6) is 0 Å². The lowest BCUT2D eigenvalue weighted by Gasteiger charge is -2.35. The Kier molecular flexibility index (Phi) is 4.94. The van der Waals surface area contributed by atoms with Crippen LogP contribution in [0.1, 0.15) is 29.5 Å². The number of hydrogen-bond acceptors (Lipinski definition) is 5. The summed E-state index contributed by atoms with van der Waals surface area (Å²) < 4.78 is 5.82. The number of benzene rings is 3. The molecule has 0 atom stereocenters. The standard InChI is InChI=1S/C27H29N5O/c1-33-27(12-13-27)32-14-11-21-19(17-32)5-4-8-23(21)29-20-10-9-18(16-28)22(15-20)26-30-24-6-2-3-7-25(24)31-26/h2-10,15,29H,11-14,16-17,28H2,1H3,(H,30,31). The van der Waals surface area contributed by atoms with E-state index in [4.69, 9.17) is 15.5 Å². The van der Waals surface area contributed by atoms with Gasteiger partial charge in [0.2, 0.25) is 0 Å². The summed E-state index contributed by atoms with van der Waals surface area (Å²) in [5.41, 5.74) is 15.1. The lowest BCUT2D eigenvalue weighted by Crippen LogP contribution is -2.42. The Balaban J connectivity index is 1.31. The molecule has 33 heavy (non-hydrogen) atoms. The average Bonchev–Trinajstić information content (AvgIpc) is 3.55. The number of rotatable bonds is 6. The van der Waals surface area contributed by atoms with Gasteiger partial charge in [0.25, 0.3) is 0 Å². The summed E-state index contributed by atoms with van der Waals surface area (Å²) >= 11 is 0. The molecular weight excluding hydrogens is 410 g/mol. The first-order chi connectivity index (χ1) is 16.2. The molecule has 6 heteroatoms. The van der Waals surface area contributed by atoms with E-state index in [-0.39, 0.29) is 5.72 Å². The molecule has 6 rings (SSSR count). The minimum Gasteiger partial charge on any atom is -0.364 e. The van der Waals surface area contributed by atoms with E-state index in [1.54, 1.807) is 0 Å². The van der Waals surface area contributed by atoms with Gasteiger partial charge < -0.3 is 20.8 Å². The highest BCUT2D eigenvalue weighted by Crippen LogP contribution is 2.45. The number of aromatic amines is 1. The fourth-order valence-electron chi connectivity index (χ4n) is 5.12. The highest BCUT2D eigenvalue weighted by molar-refractivity contribution is 5.81. The van der Waals surface area contributed by atoms with Crippen LogP contribution in [-0.2, 0) is 24.2 Å². The number of nitrogens with zero attached hydrogens (tertiary/aromatic N) is 2. The van der Waals surface area contributed by atoms with Gasteiger partial charge in [-0.05, 0) is 66.3 Å². The van der Waals surface area contributed by atoms with Gasteiger partial charge in [-0.2, -0.15) is 0 Å². The lowest BCUT2D eigenvalue weighted by molar-refractivity contribution is -0.0641. The number of aromatic nitrogens is 2. The Labute approximate surface area is 193 Å². The third-order valence-corrected chi connectivity index (χ3v) is 7.15. The maximum atomic E-state index is 6.06. The van der Waals surface area contributed by atoms with Gasteiger partial charge in [-0.3, -0.25) is 4.90 Å². The number of H-pyrrole nitrogens is 1. The number of hydrogen-bond donors (Lipinski definition) is 3. The van der Waals surface area contributed by atoms with Crippen molar-refractivity contribution in [3.8, 4) is 11.4 Å². The summed E-state index contributed by atoms with van der Waals surface area (Å²) in [6, 6.07) is 21.0. The average molecular weight is 440 g/mol. The Morgan fingerprint density at radius 3 is 2.79 bits per heavy atom. The van der Waals surface area contributed by atoms with Crippen LogP contribution in [0, 0.1) is 0 Å². The Hall–Kier alpha value is -3.19. The summed E-state index contributed by atoms with van der Waals surface area (Å²) in [5.74, 6) is 0.848. The van der Waals surface area contributed by atoms with Gasteiger partial charge in [-0.15, -0.1) is 0 Å². The predicted octanol–water partition coefficient (Wildman–Crippen LogP) is 4.93.